The van der Waals surface area contributed by atoms with Crippen molar-refractivity contribution >= 4 is 26.2 Å². The van der Waals surface area contributed by atoms with Crippen molar-refractivity contribution in [2.75, 3.05) is 0 Å². The molecule has 0 fully saturated rings. The second-order valence-corrected chi connectivity index (χ2v) is 10.2. The Balaban J connectivity index is 1.32. The van der Waals surface area contributed by atoms with E-state index in [1.807, 2.05) is 31.2 Å². The van der Waals surface area contributed by atoms with Gasteiger partial charge in [-0.2, -0.15) is 0 Å². The van der Waals surface area contributed by atoms with Gasteiger partial charge in [-0.15, -0.1) is 0 Å². The van der Waals surface area contributed by atoms with Crippen molar-refractivity contribution in [3.63, 3.8) is 0 Å². The Bertz CT molecular complexity index is 1380. The summed E-state index contributed by atoms with van der Waals surface area (Å²) in [5.41, 5.74) is 3.50. The first-order valence-electron chi connectivity index (χ1n) is 11.1. The molecule has 1 radical (unpaired) electrons. The molecular weight excluding hydrogens is 522 g/mol. The van der Waals surface area contributed by atoms with Crippen LogP contribution in [0.25, 0.3) is 0 Å². The number of benzene rings is 3. The van der Waals surface area contributed by atoms with Crippen LogP contribution in [0.3, 0.4) is 0 Å². The monoisotopic (exact) mass is 545 g/mol. The number of aromatic hydroxyl groups is 1. The van der Waals surface area contributed by atoms with Crippen LogP contribution in [0.5, 0.6) is 17.4 Å². The molecule has 6 nitrogen and oxygen atoms in total. The molecule has 4 aromatic rings. The molecule has 2 N–H and O–H groups in total. The summed E-state index contributed by atoms with van der Waals surface area (Å²) < 4.78 is 18.8. The number of nitrogens with zero attached hydrogens (tertiary/aromatic N) is 1. The number of halogens is 1. The van der Waals surface area contributed by atoms with Crippen LogP contribution in [0, 0.1) is 12.7 Å². The molecule has 1 heterocycles. The second-order valence-electron chi connectivity index (χ2n) is 8.05. The molecule has 0 saturated heterocycles. The number of carbonyl (C=O) groups is 2. The third-order valence-electron chi connectivity index (χ3n) is 5.31. The van der Waals surface area contributed by atoms with E-state index in [1.165, 1.54) is 30.5 Å². The number of amides is 1. The first-order chi connectivity index (χ1) is 17.4. The molecule has 0 aliphatic carbocycles. The average molecular weight is 545 g/mol. The summed E-state index contributed by atoms with van der Waals surface area (Å²) in [6, 6.07) is 21.5. The summed E-state index contributed by atoms with van der Waals surface area (Å²) >= 11 is -0.659. The van der Waals surface area contributed by atoms with Crippen LogP contribution in [-0.2, 0) is 11.8 Å². The van der Waals surface area contributed by atoms with Crippen molar-refractivity contribution in [2.45, 2.75) is 18.7 Å². The molecule has 8 heteroatoms. The topological polar surface area (TPSA) is 88.5 Å². The molecule has 3 aromatic carbocycles. The summed E-state index contributed by atoms with van der Waals surface area (Å²) in [5.74, 6) is -0.210. The fourth-order valence-corrected chi connectivity index (χ4v) is 5.23. The fraction of sp³-hybridized carbons (Fsp3) is 0.107. The predicted octanol–water partition coefficient (Wildman–Crippen LogP) is 5.00. The maximum absolute atomic E-state index is 13.1. The van der Waals surface area contributed by atoms with E-state index in [2.05, 4.69) is 10.3 Å². The van der Waals surface area contributed by atoms with Crippen LogP contribution in [0.1, 0.15) is 37.4 Å². The Morgan fingerprint density at radius 2 is 1.69 bits per heavy atom. The van der Waals surface area contributed by atoms with Crippen LogP contribution in [0.2, 0.25) is 0 Å². The van der Waals surface area contributed by atoms with Crippen LogP contribution in [0.4, 0.5) is 4.39 Å². The normalized spacial score (nSPS) is 10.9. The van der Waals surface area contributed by atoms with Crippen molar-refractivity contribution in [3.05, 3.63) is 119 Å². The molecule has 1 amide bonds. The van der Waals surface area contributed by atoms with Crippen molar-refractivity contribution in [1.82, 2.24) is 10.3 Å². The standard InChI is InChI=1S/C28H23AsFN2O4/c1-18-4-13-25(33)24(15-18)26(34)29-16-19-5-7-20(8-6-19)17-32-27(35)23-3-2-14-31-28(23)36-22-11-9-21(30)10-12-22/h2-15,33H,16-17H2,1H3,(H,32,35). The van der Waals surface area contributed by atoms with Gasteiger partial charge < -0.3 is 0 Å². The third-order valence-corrected chi connectivity index (χ3v) is 7.51. The SMILES string of the molecule is Cc1ccc(O)c(C(=O)[As]Cc2ccc(CNC(=O)c3cccnc3Oc3ccc(F)cc3)cc2)c1. The van der Waals surface area contributed by atoms with E-state index in [0.29, 0.717) is 23.1 Å². The quantitative estimate of drug-likeness (QED) is 0.289. The maximum atomic E-state index is 13.1. The molecule has 4 rings (SSSR count). The number of phenolic OH excluding ortho intramolecular Hbond substituents is 1. The number of carbonyl (C=O) groups excluding carboxylic acids is 2. The fourth-order valence-electron chi connectivity index (χ4n) is 3.37. The average Bonchev–Trinajstić information content (AvgIpc) is 2.89. The summed E-state index contributed by atoms with van der Waals surface area (Å²) in [6.07, 6.45) is 1.52. The number of ether oxygens (including phenoxy) is 1. The van der Waals surface area contributed by atoms with Gasteiger partial charge in [0.15, 0.2) is 0 Å². The van der Waals surface area contributed by atoms with Crippen molar-refractivity contribution in [3.8, 4) is 17.4 Å². The molecule has 1 aromatic heterocycles. The molecular formula is C28H23AsFN2O4. The van der Waals surface area contributed by atoms with Crippen molar-refractivity contribution in [1.29, 1.82) is 0 Å². The van der Waals surface area contributed by atoms with Crippen molar-refractivity contribution in [2.24, 2.45) is 0 Å². The second kappa shape index (κ2) is 11.6. The van der Waals surface area contributed by atoms with Crippen molar-refractivity contribution < 1.29 is 23.8 Å². The van der Waals surface area contributed by atoms with Gasteiger partial charge in [0.1, 0.15) is 5.82 Å². The van der Waals surface area contributed by atoms with E-state index < -0.39 is 15.8 Å². The van der Waals surface area contributed by atoms with E-state index in [1.54, 1.807) is 30.3 Å². The van der Waals surface area contributed by atoms with Gasteiger partial charge in [-0.3, -0.25) is 0 Å². The number of aryl methyl sites for hydroxylation is 1. The van der Waals surface area contributed by atoms with Gasteiger partial charge in [0.05, 0.1) is 0 Å². The zero-order chi connectivity index (χ0) is 25.5. The predicted molar refractivity (Wildman–Crippen MR) is 135 cm³/mol. The number of hydrogen-bond donors (Lipinski definition) is 2. The Labute approximate surface area is 214 Å². The molecule has 0 bridgehead atoms. The third kappa shape index (κ3) is 6.58. The zero-order valence-corrected chi connectivity index (χ0v) is 21.3. The number of phenols is 1. The first kappa shape index (κ1) is 25.1. The molecule has 0 unspecified atom stereocenters. The molecule has 36 heavy (non-hydrogen) atoms. The Morgan fingerprint density at radius 3 is 2.44 bits per heavy atom. The molecule has 0 saturated carbocycles. The molecule has 0 atom stereocenters. The summed E-state index contributed by atoms with van der Waals surface area (Å²) in [7, 11) is 0. The molecule has 0 aliphatic heterocycles. The number of pyridine rings is 1. The van der Waals surface area contributed by atoms with E-state index in [9.17, 15) is 19.1 Å². The zero-order valence-electron chi connectivity index (χ0n) is 19.4. The van der Waals surface area contributed by atoms with Crippen LogP contribution < -0.4 is 10.1 Å². The molecule has 0 spiro atoms. The Morgan fingerprint density at radius 1 is 0.972 bits per heavy atom. The van der Waals surface area contributed by atoms with E-state index in [-0.39, 0.29) is 33.5 Å². The van der Waals surface area contributed by atoms with E-state index in [4.69, 9.17) is 4.74 Å². The number of rotatable bonds is 9. The van der Waals surface area contributed by atoms with Gasteiger partial charge in [-0.25, -0.2) is 4.39 Å². The van der Waals surface area contributed by atoms with E-state index >= 15 is 0 Å². The Hall–Kier alpha value is -3.96. The Kier molecular flexibility index (Phi) is 8.13. The van der Waals surface area contributed by atoms with Gasteiger partial charge in [-0.1, -0.05) is 0 Å². The van der Waals surface area contributed by atoms with Gasteiger partial charge in [0.25, 0.3) is 0 Å². The summed E-state index contributed by atoms with van der Waals surface area (Å²) in [5, 5.41) is 13.5. The van der Waals surface area contributed by atoms with Crippen LogP contribution in [-0.4, -0.2) is 36.3 Å². The van der Waals surface area contributed by atoms with E-state index in [0.717, 1.165) is 16.7 Å². The van der Waals surface area contributed by atoms with Gasteiger partial charge in [0.2, 0.25) is 0 Å². The summed E-state index contributed by atoms with van der Waals surface area (Å²) in [4.78, 5) is 29.4. The minimum absolute atomic E-state index is 0.0149. The summed E-state index contributed by atoms with van der Waals surface area (Å²) in [6.45, 7) is 2.19. The number of hydrogen-bond acceptors (Lipinski definition) is 5. The van der Waals surface area contributed by atoms with Gasteiger partial charge in [0, 0.05) is 0 Å². The number of aromatic nitrogens is 1. The van der Waals surface area contributed by atoms with Gasteiger partial charge in [-0.05, 0) is 24.3 Å². The van der Waals surface area contributed by atoms with Gasteiger partial charge >= 0.3 is 181 Å². The first-order valence-corrected chi connectivity index (χ1v) is 13.4. The number of nitrogens with one attached hydrogen (secondary N) is 1. The molecule has 0 aliphatic rings. The van der Waals surface area contributed by atoms with Crippen LogP contribution >= 0.6 is 0 Å². The van der Waals surface area contributed by atoms with Crippen LogP contribution in [0.15, 0.2) is 85.1 Å². The molecule has 181 valence electrons. The minimum atomic E-state index is -0.659.